The van der Waals surface area contributed by atoms with Gasteiger partial charge in [-0.15, -0.1) is 0 Å². The molecule has 0 aliphatic carbocycles. The summed E-state index contributed by atoms with van der Waals surface area (Å²) in [4.78, 5) is 8.23. The van der Waals surface area contributed by atoms with E-state index in [2.05, 4.69) is 15.3 Å². The Bertz CT molecular complexity index is 566. The third-order valence-electron chi connectivity index (χ3n) is 3.11. The monoisotopic (exact) mass is 262 g/mol. The minimum atomic E-state index is -0.139. The first-order chi connectivity index (χ1) is 9.13. The first-order valence-corrected chi connectivity index (χ1v) is 6.07. The number of aliphatic hydroxyl groups is 1. The van der Waals surface area contributed by atoms with Gasteiger partial charge in [0.2, 0.25) is 0 Å². The van der Waals surface area contributed by atoms with Crippen LogP contribution in [0.4, 0.5) is 0 Å². The summed E-state index contributed by atoms with van der Waals surface area (Å²) >= 11 is 0. The van der Waals surface area contributed by atoms with E-state index in [1.807, 2.05) is 17.8 Å². The van der Waals surface area contributed by atoms with Crippen molar-refractivity contribution in [2.24, 2.45) is 7.05 Å². The van der Waals surface area contributed by atoms with Crippen LogP contribution in [0.15, 0.2) is 18.6 Å². The van der Waals surface area contributed by atoms with Gasteiger partial charge in [-0.3, -0.25) is 4.98 Å². The molecule has 0 aromatic carbocycles. The first-order valence-electron chi connectivity index (χ1n) is 6.07. The number of aliphatic hydroxyl groups excluding tert-OH is 1. The zero-order chi connectivity index (χ0) is 13.8. The second-order valence-corrected chi connectivity index (χ2v) is 4.41. The summed E-state index contributed by atoms with van der Waals surface area (Å²) in [7, 11) is 1.93. The number of aromatic hydroxyl groups is 1. The fourth-order valence-electron chi connectivity index (χ4n) is 1.88. The summed E-state index contributed by atoms with van der Waals surface area (Å²) in [6, 6.07) is 0. The van der Waals surface area contributed by atoms with Crippen LogP contribution in [-0.2, 0) is 26.7 Å². The maximum Gasteiger partial charge on any atom is 0.141 e. The molecule has 0 amide bonds. The van der Waals surface area contributed by atoms with Crippen LogP contribution in [0.1, 0.15) is 22.6 Å². The van der Waals surface area contributed by atoms with Crippen molar-refractivity contribution in [1.29, 1.82) is 0 Å². The largest absolute Gasteiger partial charge is 0.506 e. The molecule has 0 atom stereocenters. The molecule has 0 aliphatic heterocycles. The van der Waals surface area contributed by atoms with Crippen LogP contribution in [0.2, 0.25) is 0 Å². The van der Waals surface area contributed by atoms with Crippen molar-refractivity contribution < 1.29 is 10.2 Å². The Morgan fingerprint density at radius 3 is 2.74 bits per heavy atom. The Labute approximate surface area is 111 Å². The molecule has 6 nitrogen and oxygen atoms in total. The van der Waals surface area contributed by atoms with Gasteiger partial charge >= 0.3 is 0 Å². The summed E-state index contributed by atoms with van der Waals surface area (Å²) < 4.78 is 1.93. The highest BCUT2D eigenvalue weighted by molar-refractivity contribution is 5.40. The van der Waals surface area contributed by atoms with E-state index in [-0.39, 0.29) is 12.4 Å². The summed E-state index contributed by atoms with van der Waals surface area (Å²) in [6.07, 6.45) is 5.21. The van der Waals surface area contributed by atoms with E-state index < -0.39 is 0 Å². The number of nitrogens with zero attached hydrogens (tertiary/aromatic N) is 3. The number of hydrogen-bond acceptors (Lipinski definition) is 5. The Hall–Kier alpha value is -1.92. The van der Waals surface area contributed by atoms with Crippen molar-refractivity contribution in [3.05, 3.63) is 41.2 Å². The third-order valence-corrected chi connectivity index (χ3v) is 3.11. The highest BCUT2D eigenvalue weighted by atomic mass is 16.3. The smallest absolute Gasteiger partial charge is 0.141 e. The van der Waals surface area contributed by atoms with Crippen LogP contribution in [0.5, 0.6) is 5.75 Å². The average Bonchev–Trinajstić information content (AvgIpc) is 2.80. The summed E-state index contributed by atoms with van der Waals surface area (Å²) in [5.74, 6) is 1.05. The lowest BCUT2D eigenvalue weighted by atomic mass is 10.1. The van der Waals surface area contributed by atoms with Crippen LogP contribution in [0, 0.1) is 6.92 Å². The highest BCUT2D eigenvalue weighted by Crippen LogP contribution is 2.23. The SMILES string of the molecule is Cc1ncc(CO)c(CNCc2nccn2C)c1O. The first kappa shape index (κ1) is 13.5. The zero-order valence-corrected chi connectivity index (χ0v) is 11.1. The molecule has 0 spiro atoms. The van der Waals surface area contributed by atoms with Crippen LogP contribution in [0.3, 0.4) is 0 Å². The molecule has 19 heavy (non-hydrogen) atoms. The van der Waals surface area contributed by atoms with E-state index in [0.29, 0.717) is 29.9 Å². The molecule has 0 unspecified atom stereocenters. The molecule has 2 aromatic heterocycles. The third kappa shape index (κ3) is 2.91. The quantitative estimate of drug-likeness (QED) is 0.735. The van der Waals surface area contributed by atoms with Crippen molar-refractivity contribution >= 4 is 0 Å². The second kappa shape index (κ2) is 5.81. The molecule has 2 heterocycles. The van der Waals surface area contributed by atoms with Gasteiger partial charge in [-0.2, -0.15) is 0 Å². The van der Waals surface area contributed by atoms with E-state index in [9.17, 15) is 10.2 Å². The van der Waals surface area contributed by atoms with Crippen LogP contribution in [0.25, 0.3) is 0 Å². The lowest BCUT2D eigenvalue weighted by molar-refractivity contribution is 0.278. The summed E-state index contributed by atoms with van der Waals surface area (Å²) in [5.41, 5.74) is 1.88. The minimum Gasteiger partial charge on any atom is -0.506 e. The van der Waals surface area contributed by atoms with Gasteiger partial charge in [-0.25, -0.2) is 4.98 Å². The lowest BCUT2D eigenvalue weighted by Crippen LogP contribution is -2.17. The predicted octanol–water partition coefficient (Wildman–Crippen LogP) is 0.611. The number of hydrogen-bond donors (Lipinski definition) is 3. The van der Waals surface area contributed by atoms with E-state index in [4.69, 9.17) is 0 Å². The molecule has 0 bridgehead atoms. The van der Waals surface area contributed by atoms with Gasteiger partial charge in [-0.1, -0.05) is 0 Å². The summed E-state index contributed by atoms with van der Waals surface area (Å²) in [5, 5.41) is 22.5. The van der Waals surface area contributed by atoms with Crippen molar-refractivity contribution in [2.45, 2.75) is 26.6 Å². The van der Waals surface area contributed by atoms with E-state index in [1.54, 1.807) is 19.3 Å². The van der Waals surface area contributed by atoms with Crippen LogP contribution >= 0.6 is 0 Å². The van der Waals surface area contributed by atoms with Gasteiger partial charge in [0.1, 0.15) is 11.6 Å². The number of aryl methyl sites for hydroxylation is 2. The van der Waals surface area contributed by atoms with Crippen LogP contribution in [-0.4, -0.2) is 24.7 Å². The average molecular weight is 262 g/mol. The molecule has 0 saturated carbocycles. The van der Waals surface area contributed by atoms with Crippen LogP contribution < -0.4 is 5.32 Å². The maximum atomic E-state index is 9.99. The highest BCUT2D eigenvalue weighted by Gasteiger charge is 2.11. The Balaban J connectivity index is 2.07. The van der Waals surface area contributed by atoms with Gasteiger partial charge < -0.3 is 20.1 Å². The van der Waals surface area contributed by atoms with Gasteiger partial charge in [-0.05, 0) is 6.92 Å². The van der Waals surface area contributed by atoms with Gasteiger partial charge in [0.15, 0.2) is 0 Å². The summed E-state index contributed by atoms with van der Waals surface area (Å²) in [6.45, 7) is 2.64. The second-order valence-electron chi connectivity index (χ2n) is 4.41. The van der Waals surface area contributed by atoms with Crippen molar-refractivity contribution in [2.75, 3.05) is 0 Å². The molecule has 2 aromatic rings. The molecular formula is C13H18N4O2. The number of rotatable bonds is 5. The van der Waals surface area contributed by atoms with E-state index >= 15 is 0 Å². The number of nitrogens with one attached hydrogen (secondary N) is 1. The molecule has 102 valence electrons. The number of imidazole rings is 1. The van der Waals surface area contributed by atoms with E-state index in [0.717, 1.165) is 5.82 Å². The van der Waals surface area contributed by atoms with Crippen molar-refractivity contribution in [3.63, 3.8) is 0 Å². The lowest BCUT2D eigenvalue weighted by Gasteiger charge is -2.12. The molecule has 3 N–H and O–H groups in total. The van der Waals surface area contributed by atoms with Gasteiger partial charge in [0.05, 0.1) is 18.8 Å². The predicted molar refractivity (Wildman–Crippen MR) is 70.3 cm³/mol. The fraction of sp³-hybridized carbons (Fsp3) is 0.385. The minimum absolute atomic E-state index is 0.138. The maximum absolute atomic E-state index is 9.99. The number of pyridine rings is 1. The molecule has 0 fully saturated rings. The number of aromatic nitrogens is 3. The Morgan fingerprint density at radius 2 is 2.11 bits per heavy atom. The normalized spacial score (nSPS) is 10.9. The topological polar surface area (TPSA) is 83.2 Å². The van der Waals surface area contributed by atoms with Gasteiger partial charge in [0.25, 0.3) is 0 Å². The van der Waals surface area contributed by atoms with Gasteiger partial charge in [0, 0.05) is 43.3 Å². The molecule has 0 saturated heterocycles. The molecular weight excluding hydrogens is 244 g/mol. The Kier molecular flexibility index (Phi) is 4.13. The molecule has 0 aliphatic rings. The van der Waals surface area contributed by atoms with Crippen molar-refractivity contribution in [3.8, 4) is 5.75 Å². The Morgan fingerprint density at radius 1 is 1.32 bits per heavy atom. The van der Waals surface area contributed by atoms with Crippen molar-refractivity contribution in [1.82, 2.24) is 19.9 Å². The molecule has 0 radical (unpaired) electrons. The zero-order valence-electron chi connectivity index (χ0n) is 11.1. The van der Waals surface area contributed by atoms with E-state index in [1.165, 1.54) is 0 Å². The molecule has 2 rings (SSSR count). The standard InChI is InChI=1S/C13H18N4O2/c1-9-13(19)11(10(8-18)5-16-9)6-14-7-12-15-3-4-17(12)2/h3-5,14,18-19H,6-8H2,1-2H3. The fourth-order valence-corrected chi connectivity index (χ4v) is 1.88. The molecule has 6 heteroatoms.